The van der Waals surface area contributed by atoms with Crippen molar-refractivity contribution >= 4 is 21.6 Å². The molecule has 0 radical (unpaired) electrons. The van der Waals surface area contributed by atoms with Gasteiger partial charge in [-0.05, 0) is 42.1 Å². The molecule has 1 aromatic heterocycles. The Bertz CT molecular complexity index is 429. The molecule has 13 heavy (non-hydrogen) atoms. The smallest absolute Gasteiger partial charge is 0.0589 e. The van der Waals surface area contributed by atoms with Crippen LogP contribution in [0.3, 0.4) is 0 Å². The number of benzene rings is 1. The molecule has 0 saturated heterocycles. The monoisotopic (exact) mass is 191 g/mol. The first-order valence-electron chi connectivity index (χ1n) is 4.54. The summed E-state index contributed by atoms with van der Waals surface area (Å²) >= 11 is 1.58. The number of nitrogens with zero attached hydrogens (tertiary/aromatic N) is 1. The van der Waals surface area contributed by atoms with Gasteiger partial charge in [-0.15, -0.1) is 0 Å². The highest BCUT2D eigenvalue weighted by atomic mass is 32.1. The van der Waals surface area contributed by atoms with Gasteiger partial charge in [0.2, 0.25) is 0 Å². The molecule has 0 amide bonds. The van der Waals surface area contributed by atoms with E-state index in [0.29, 0.717) is 5.92 Å². The highest BCUT2D eigenvalue weighted by Crippen LogP contribution is 2.26. The Kier molecular flexibility index (Phi) is 2.08. The first-order valence-corrected chi connectivity index (χ1v) is 5.32. The van der Waals surface area contributed by atoms with Crippen LogP contribution < -0.4 is 0 Å². The third kappa shape index (κ3) is 1.46. The van der Waals surface area contributed by atoms with Gasteiger partial charge in [-0.3, -0.25) is 0 Å². The molecule has 0 unspecified atom stereocenters. The molecule has 0 aliphatic heterocycles. The Balaban J connectivity index is 2.66. The standard InChI is InChI=1S/C11H13NS/c1-7(2)9-4-5-11-10(6-9)8(3)12-13-11/h4-7H,1-3H3. The third-order valence-electron chi connectivity index (χ3n) is 2.34. The molecule has 0 bridgehead atoms. The highest BCUT2D eigenvalue weighted by molar-refractivity contribution is 7.13. The zero-order valence-electron chi connectivity index (χ0n) is 8.16. The summed E-state index contributed by atoms with van der Waals surface area (Å²) in [6, 6.07) is 6.64. The van der Waals surface area contributed by atoms with Crippen molar-refractivity contribution in [3.8, 4) is 0 Å². The minimum atomic E-state index is 0.601. The summed E-state index contributed by atoms with van der Waals surface area (Å²) < 4.78 is 5.63. The molecule has 0 aliphatic rings. The van der Waals surface area contributed by atoms with Crippen molar-refractivity contribution in [3.63, 3.8) is 0 Å². The van der Waals surface area contributed by atoms with Crippen LogP contribution in [-0.2, 0) is 0 Å². The van der Waals surface area contributed by atoms with Crippen LogP contribution in [0, 0.1) is 6.92 Å². The van der Waals surface area contributed by atoms with Gasteiger partial charge in [-0.2, -0.15) is 4.37 Å². The molecule has 0 fully saturated rings. The minimum Gasteiger partial charge on any atom is -0.197 e. The van der Waals surface area contributed by atoms with E-state index in [9.17, 15) is 0 Å². The van der Waals surface area contributed by atoms with E-state index in [1.807, 2.05) is 0 Å². The van der Waals surface area contributed by atoms with Gasteiger partial charge < -0.3 is 0 Å². The van der Waals surface area contributed by atoms with E-state index in [1.165, 1.54) is 15.6 Å². The second-order valence-electron chi connectivity index (χ2n) is 3.68. The lowest BCUT2D eigenvalue weighted by atomic mass is 10.0. The molecule has 2 aromatic rings. The van der Waals surface area contributed by atoms with Crippen LogP contribution in [0.5, 0.6) is 0 Å². The number of hydrogen-bond acceptors (Lipinski definition) is 2. The predicted octanol–water partition coefficient (Wildman–Crippen LogP) is 3.73. The molecular formula is C11H13NS. The lowest BCUT2D eigenvalue weighted by molar-refractivity contribution is 0.869. The number of aromatic nitrogens is 1. The topological polar surface area (TPSA) is 12.9 Å². The molecule has 68 valence electrons. The first-order chi connectivity index (χ1) is 6.18. The van der Waals surface area contributed by atoms with E-state index in [2.05, 4.69) is 43.3 Å². The minimum absolute atomic E-state index is 0.601. The molecule has 2 heteroatoms. The summed E-state index contributed by atoms with van der Waals surface area (Å²) in [6.07, 6.45) is 0. The normalized spacial score (nSPS) is 11.4. The lowest BCUT2D eigenvalue weighted by Gasteiger charge is -2.04. The van der Waals surface area contributed by atoms with E-state index in [0.717, 1.165) is 5.69 Å². The Morgan fingerprint density at radius 2 is 2.08 bits per heavy atom. The van der Waals surface area contributed by atoms with Crippen LogP contribution in [0.4, 0.5) is 0 Å². The predicted molar refractivity (Wildman–Crippen MR) is 58.4 cm³/mol. The van der Waals surface area contributed by atoms with E-state index >= 15 is 0 Å². The zero-order chi connectivity index (χ0) is 9.42. The molecule has 1 nitrogen and oxygen atoms in total. The number of hydrogen-bond donors (Lipinski definition) is 0. The number of rotatable bonds is 1. The van der Waals surface area contributed by atoms with Gasteiger partial charge in [0.25, 0.3) is 0 Å². The van der Waals surface area contributed by atoms with Crippen molar-refractivity contribution in [1.29, 1.82) is 0 Å². The van der Waals surface area contributed by atoms with E-state index in [-0.39, 0.29) is 0 Å². The quantitative estimate of drug-likeness (QED) is 0.669. The molecule has 1 heterocycles. The Hall–Kier alpha value is -0.890. The van der Waals surface area contributed by atoms with Crippen LogP contribution in [-0.4, -0.2) is 4.37 Å². The van der Waals surface area contributed by atoms with E-state index in [1.54, 1.807) is 11.5 Å². The average Bonchev–Trinajstić information content (AvgIpc) is 2.47. The van der Waals surface area contributed by atoms with Crippen molar-refractivity contribution < 1.29 is 0 Å². The van der Waals surface area contributed by atoms with E-state index < -0.39 is 0 Å². The summed E-state index contributed by atoms with van der Waals surface area (Å²) in [6.45, 7) is 6.51. The van der Waals surface area contributed by atoms with Gasteiger partial charge >= 0.3 is 0 Å². The Morgan fingerprint density at radius 1 is 1.31 bits per heavy atom. The molecule has 0 spiro atoms. The first kappa shape index (κ1) is 8.70. The third-order valence-corrected chi connectivity index (χ3v) is 3.26. The van der Waals surface area contributed by atoms with Crippen LogP contribution >= 0.6 is 11.5 Å². The summed E-state index contributed by atoms with van der Waals surface area (Å²) in [5, 5.41) is 1.32. The van der Waals surface area contributed by atoms with Crippen molar-refractivity contribution in [2.24, 2.45) is 0 Å². The molecular weight excluding hydrogens is 178 g/mol. The van der Waals surface area contributed by atoms with Crippen LogP contribution in [0.15, 0.2) is 18.2 Å². The fourth-order valence-electron chi connectivity index (χ4n) is 1.44. The van der Waals surface area contributed by atoms with Crippen molar-refractivity contribution in [3.05, 3.63) is 29.5 Å². The fraction of sp³-hybridized carbons (Fsp3) is 0.364. The van der Waals surface area contributed by atoms with Gasteiger partial charge in [0.1, 0.15) is 0 Å². The Labute approximate surface area is 82.6 Å². The van der Waals surface area contributed by atoms with Crippen LogP contribution in [0.2, 0.25) is 0 Å². The second-order valence-corrected chi connectivity index (χ2v) is 4.48. The van der Waals surface area contributed by atoms with Gasteiger partial charge in [0.15, 0.2) is 0 Å². The molecule has 0 aliphatic carbocycles. The Morgan fingerprint density at radius 3 is 2.77 bits per heavy atom. The van der Waals surface area contributed by atoms with Gasteiger partial charge in [-0.1, -0.05) is 19.9 Å². The summed E-state index contributed by atoms with van der Waals surface area (Å²) in [4.78, 5) is 0. The van der Waals surface area contributed by atoms with E-state index in [4.69, 9.17) is 0 Å². The van der Waals surface area contributed by atoms with Crippen molar-refractivity contribution in [2.45, 2.75) is 26.7 Å². The molecule has 0 saturated carbocycles. The number of aryl methyl sites for hydroxylation is 1. The molecule has 2 rings (SSSR count). The fourth-order valence-corrected chi connectivity index (χ4v) is 2.20. The summed E-state index contributed by atoms with van der Waals surface area (Å²) in [7, 11) is 0. The maximum Gasteiger partial charge on any atom is 0.0589 e. The van der Waals surface area contributed by atoms with Crippen LogP contribution in [0.25, 0.3) is 10.1 Å². The van der Waals surface area contributed by atoms with Crippen molar-refractivity contribution in [1.82, 2.24) is 4.37 Å². The summed E-state index contributed by atoms with van der Waals surface area (Å²) in [5.41, 5.74) is 2.55. The van der Waals surface area contributed by atoms with Gasteiger partial charge in [0, 0.05) is 5.39 Å². The maximum atomic E-state index is 4.34. The molecule has 1 aromatic carbocycles. The van der Waals surface area contributed by atoms with Gasteiger partial charge in [-0.25, -0.2) is 0 Å². The van der Waals surface area contributed by atoms with Gasteiger partial charge in [0.05, 0.1) is 10.4 Å². The zero-order valence-corrected chi connectivity index (χ0v) is 8.98. The lowest BCUT2D eigenvalue weighted by Crippen LogP contribution is -1.85. The largest absolute Gasteiger partial charge is 0.197 e. The second kappa shape index (κ2) is 3.11. The maximum absolute atomic E-state index is 4.34. The van der Waals surface area contributed by atoms with Crippen LogP contribution in [0.1, 0.15) is 31.0 Å². The summed E-state index contributed by atoms with van der Waals surface area (Å²) in [5.74, 6) is 0.601. The van der Waals surface area contributed by atoms with Crippen molar-refractivity contribution in [2.75, 3.05) is 0 Å². The molecule has 0 atom stereocenters. The SMILES string of the molecule is Cc1nsc2ccc(C(C)C)cc12. The average molecular weight is 191 g/mol. The molecule has 0 N–H and O–H groups in total. The highest BCUT2D eigenvalue weighted by Gasteiger charge is 2.04. The number of fused-ring (bicyclic) bond motifs is 1.